The molecular weight excluding hydrogens is 200 g/mol. The van der Waals surface area contributed by atoms with Gasteiger partial charge in [0.25, 0.3) is 0 Å². The van der Waals surface area contributed by atoms with E-state index in [0.29, 0.717) is 6.10 Å². The monoisotopic (exact) mass is 218 g/mol. The molecule has 0 N–H and O–H groups in total. The highest BCUT2D eigenvalue weighted by Crippen LogP contribution is 2.27. The fourth-order valence-corrected chi connectivity index (χ4v) is 2.26. The summed E-state index contributed by atoms with van der Waals surface area (Å²) in [6.07, 6.45) is 6.63. The molecule has 1 aromatic rings. The van der Waals surface area contributed by atoms with E-state index in [4.69, 9.17) is 9.47 Å². The van der Waals surface area contributed by atoms with Gasteiger partial charge in [-0.25, -0.2) is 0 Å². The minimum absolute atomic E-state index is 0.521. The van der Waals surface area contributed by atoms with Gasteiger partial charge in [0.05, 0.1) is 19.3 Å². The van der Waals surface area contributed by atoms with Crippen molar-refractivity contribution >= 4 is 0 Å². The topological polar surface area (TPSA) is 18.5 Å². The van der Waals surface area contributed by atoms with Crippen LogP contribution in [0.25, 0.3) is 0 Å². The molecule has 2 heteroatoms. The largest absolute Gasteiger partial charge is 0.493 e. The molecule has 0 aromatic heterocycles. The third kappa shape index (κ3) is 2.07. The Bertz CT molecular complexity index is 369. The first-order valence-electron chi connectivity index (χ1n) is 6.28. The average Bonchev–Trinajstić information content (AvgIpc) is 2.27. The quantitative estimate of drug-likeness (QED) is 0.776. The molecule has 3 rings (SSSR count). The molecule has 1 aliphatic heterocycles. The average molecular weight is 218 g/mol. The van der Waals surface area contributed by atoms with Crippen molar-refractivity contribution in [1.29, 1.82) is 0 Å². The highest BCUT2D eigenvalue weighted by molar-refractivity contribution is 5.38. The molecule has 0 saturated heterocycles. The van der Waals surface area contributed by atoms with Gasteiger partial charge in [0, 0.05) is 0 Å². The first kappa shape index (κ1) is 10.2. The van der Waals surface area contributed by atoms with E-state index in [1.807, 2.05) is 0 Å². The van der Waals surface area contributed by atoms with Crippen LogP contribution in [0.15, 0.2) is 18.2 Å². The minimum atomic E-state index is 0.521. The van der Waals surface area contributed by atoms with Gasteiger partial charge in [-0.1, -0.05) is 6.07 Å². The SMILES string of the molecule is c1cc2c(cc1COC1CCC1)CCCO2. The minimum Gasteiger partial charge on any atom is -0.493 e. The van der Waals surface area contributed by atoms with E-state index < -0.39 is 0 Å². The van der Waals surface area contributed by atoms with E-state index in [1.54, 1.807) is 0 Å². The zero-order valence-corrected chi connectivity index (χ0v) is 9.58. The van der Waals surface area contributed by atoms with Crippen LogP contribution >= 0.6 is 0 Å². The predicted molar refractivity (Wildman–Crippen MR) is 62.7 cm³/mol. The Balaban J connectivity index is 1.65. The van der Waals surface area contributed by atoms with Crippen LogP contribution in [-0.4, -0.2) is 12.7 Å². The van der Waals surface area contributed by atoms with Gasteiger partial charge in [0.15, 0.2) is 0 Å². The van der Waals surface area contributed by atoms with Crippen molar-refractivity contribution in [2.75, 3.05) is 6.61 Å². The summed E-state index contributed by atoms with van der Waals surface area (Å²) in [5.74, 6) is 1.07. The maximum atomic E-state index is 5.81. The van der Waals surface area contributed by atoms with E-state index in [9.17, 15) is 0 Å². The van der Waals surface area contributed by atoms with Crippen molar-refractivity contribution in [3.8, 4) is 5.75 Å². The Morgan fingerprint density at radius 1 is 1.25 bits per heavy atom. The molecule has 0 atom stereocenters. The van der Waals surface area contributed by atoms with Crippen molar-refractivity contribution < 1.29 is 9.47 Å². The molecule has 0 spiro atoms. The normalized spacial score (nSPS) is 19.8. The molecule has 0 unspecified atom stereocenters. The van der Waals surface area contributed by atoms with Gasteiger partial charge < -0.3 is 9.47 Å². The third-order valence-electron chi connectivity index (χ3n) is 3.51. The summed E-state index contributed by atoms with van der Waals surface area (Å²) in [5.41, 5.74) is 2.64. The summed E-state index contributed by atoms with van der Waals surface area (Å²) in [6.45, 7) is 1.63. The Morgan fingerprint density at radius 2 is 2.19 bits per heavy atom. The van der Waals surface area contributed by atoms with Crippen LogP contribution in [0.1, 0.15) is 36.8 Å². The van der Waals surface area contributed by atoms with Crippen LogP contribution in [-0.2, 0) is 17.8 Å². The molecule has 86 valence electrons. The Labute approximate surface area is 96.6 Å². The van der Waals surface area contributed by atoms with E-state index >= 15 is 0 Å². The van der Waals surface area contributed by atoms with Crippen LogP contribution in [0.3, 0.4) is 0 Å². The number of rotatable bonds is 3. The lowest BCUT2D eigenvalue weighted by molar-refractivity contribution is -0.00871. The molecule has 2 nitrogen and oxygen atoms in total. The summed E-state index contributed by atoms with van der Waals surface area (Å²) in [4.78, 5) is 0. The number of ether oxygens (including phenoxy) is 2. The van der Waals surface area contributed by atoms with Crippen molar-refractivity contribution in [1.82, 2.24) is 0 Å². The van der Waals surface area contributed by atoms with E-state index in [-0.39, 0.29) is 0 Å². The lowest BCUT2D eigenvalue weighted by Gasteiger charge is -2.26. The first-order valence-corrected chi connectivity index (χ1v) is 6.28. The van der Waals surface area contributed by atoms with Gasteiger partial charge in [-0.3, -0.25) is 0 Å². The molecule has 1 fully saturated rings. The fraction of sp³-hybridized carbons (Fsp3) is 0.571. The predicted octanol–water partition coefficient (Wildman–Crippen LogP) is 3.08. The standard InChI is InChI=1S/C14H18O2/c1-4-13(5-1)16-10-11-6-7-14-12(9-11)3-2-8-15-14/h6-7,9,13H,1-5,8,10H2. The highest BCUT2D eigenvalue weighted by Gasteiger charge is 2.18. The van der Waals surface area contributed by atoms with Gasteiger partial charge in [-0.2, -0.15) is 0 Å². The molecule has 1 saturated carbocycles. The lowest BCUT2D eigenvalue weighted by atomic mass is 9.96. The summed E-state index contributed by atoms with van der Waals surface area (Å²) in [5, 5.41) is 0. The fourth-order valence-electron chi connectivity index (χ4n) is 2.26. The maximum Gasteiger partial charge on any atom is 0.122 e. The number of aryl methyl sites for hydroxylation is 1. The molecule has 1 aliphatic carbocycles. The van der Waals surface area contributed by atoms with Crippen molar-refractivity contribution in [3.05, 3.63) is 29.3 Å². The van der Waals surface area contributed by atoms with Crippen molar-refractivity contribution in [2.45, 2.75) is 44.8 Å². The van der Waals surface area contributed by atoms with Gasteiger partial charge in [-0.15, -0.1) is 0 Å². The zero-order valence-electron chi connectivity index (χ0n) is 9.58. The zero-order chi connectivity index (χ0) is 10.8. The molecule has 16 heavy (non-hydrogen) atoms. The van der Waals surface area contributed by atoms with E-state index in [2.05, 4.69) is 18.2 Å². The molecule has 0 radical (unpaired) electrons. The molecule has 0 bridgehead atoms. The Kier molecular flexibility index (Phi) is 2.83. The van der Waals surface area contributed by atoms with Gasteiger partial charge in [0.1, 0.15) is 5.75 Å². The molecule has 2 aliphatic rings. The summed E-state index contributed by atoms with van der Waals surface area (Å²) >= 11 is 0. The second-order valence-corrected chi connectivity index (χ2v) is 4.76. The van der Waals surface area contributed by atoms with Crippen LogP contribution in [0.2, 0.25) is 0 Å². The van der Waals surface area contributed by atoms with Crippen molar-refractivity contribution in [3.63, 3.8) is 0 Å². The number of hydrogen-bond acceptors (Lipinski definition) is 2. The van der Waals surface area contributed by atoms with Crippen LogP contribution in [0.5, 0.6) is 5.75 Å². The maximum absolute atomic E-state index is 5.81. The van der Waals surface area contributed by atoms with Crippen LogP contribution in [0, 0.1) is 0 Å². The van der Waals surface area contributed by atoms with E-state index in [1.165, 1.54) is 30.4 Å². The second-order valence-electron chi connectivity index (χ2n) is 4.76. The Hall–Kier alpha value is -1.02. The summed E-state index contributed by atoms with van der Waals surface area (Å²) in [6, 6.07) is 6.46. The number of benzene rings is 1. The molecule has 1 aromatic carbocycles. The van der Waals surface area contributed by atoms with Crippen LogP contribution < -0.4 is 4.74 Å². The van der Waals surface area contributed by atoms with Crippen LogP contribution in [0.4, 0.5) is 0 Å². The van der Waals surface area contributed by atoms with Crippen molar-refractivity contribution in [2.24, 2.45) is 0 Å². The summed E-state index contributed by atoms with van der Waals surface area (Å²) in [7, 11) is 0. The van der Waals surface area contributed by atoms with Gasteiger partial charge in [0.2, 0.25) is 0 Å². The summed E-state index contributed by atoms with van der Waals surface area (Å²) < 4.78 is 11.4. The molecular formula is C14H18O2. The lowest BCUT2D eigenvalue weighted by Crippen LogP contribution is -2.21. The number of fused-ring (bicyclic) bond motifs is 1. The van der Waals surface area contributed by atoms with E-state index in [0.717, 1.165) is 31.8 Å². The third-order valence-corrected chi connectivity index (χ3v) is 3.51. The molecule has 0 amide bonds. The van der Waals surface area contributed by atoms with Gasteiger partial charge >= 0.3 is 0 Å². The number of hydrogen-bond donors (Lipinski definition) is 0. The smallest absolute Gasteiger partial charge is 0.122 e. The second kappa shape index (κ2) is 4.46. The molecule has 1 heterocycles. The first-order chi connectivity index (χ1) is 7.92. The van der Waals surface area contributed by atoms with Gasteiger partial charge in [-0.05, 0) is 55.4 Å². The Morgan fingerprint density at radius 3 is 3.00 bits per heavy atom. The highest BCUT2D eigenvalue weighted by atomic mass is 16.5.